The summed E-state index contributed by atoms with van der Waals surface area (Å²) in [5.41, 5.74) is 1.44. The van der Waals surface area contributed by atoms with Crippen molar-refractivity contribution >= 4 is 34.1 Å². The van der Waals surface area contributed by atoms with Crippen LogP contribution in [0.1, 0.15) is 18.0 Å². The third-order valence-electron chi connectivity index (χ3n) is 2.90. The highest BCUT2D eigenvalue weighted by Gasteiger charge is 2.16. The van der Waals surface area contributed by atoms with Crippen molar-refractivity contribution in [1.29, 1.82) is 0 Å². The third-order valence-corrected chi connectivity index (χ3v) is 4.14. The van der Waals surface area contributed by atoms with Gasteiger partial charge in [-0.25, -0.2) is 0 Å². The van der Waals surface area contributed by atoms with E-state index in [1.165, 1.54) is 15.6 Å². The molecule has 86 valence electrons. The monoisotopic (exact) mass is 251 g/mol. The Morgan fingerprint density at radius 2 is 2.06 bits per heavy atom. The Morgan fingerprint density at radius 3 is 2.75 bits per heavy atom. The zero-order chi connectivity index (χ0) is 11.5. The summed E-state index contributed by atoms with van der Waals surface area (Å²) < 4.78 is 1.38. The predicted molar refractivity (Wildman–Crippen MR) is 76.7 cm³/mol. The van der Waals surface area contributed by atoms with E-state index >= 15 is 0 Å². The van der Waals surface area contributed by atoms with Gasteiger partial charge in [0.25, 0.3) is 0 Å². The van der Waals surface area contributed by atoms with Gasteiger partial charge in [-0.05, 0) is 48.7 Å². The van der Waals surface area contributed by atoms with Crippen molar-refractivity contribution in [3.05, 3.63) is 35.2 Å². The van der Waals surface area contributed by atoms with Gasteiger partial charge in [0.05, 0.1) is 0 Å². The fourth-order valence-electron chi connectivity index (χ4n) is 2.07. The van der Waals surface area contributed by atoms with Crippen LogP contribution in [0.2, 0.25) is 0 Å². The van der Waals surface area contributed by atoms with Gasteiger partial charge in [0.1, 0.15) is 0 Å². The average Bonchev–Trinajstić information content (AvgIpc) is 2.69. The molecule has 0 aliphatic carbocycles. The summed E-state index contributed by atoms with van der Waals surface area (Å²) in [5.74, 6) is 0.924. The molecule has 0 aliphatic heterocycles. The second-order valence-electron chi connectivity index (χ2n) is 4.18. The summed E-state index contributed by atoms with van der Waals surface area (Å²) >= 11 is 6.19. The smallest absolute Gasteiger partial charge is 0.0364 e. The molecule has 0 aliphatic rings. The Morgan fingerprint density at radius 1 is 1.31 bits per heavy atom. The van der Waals surface area contributed by atoms with Crippen molar-refractivity contribution in [3.8, 4) is 0 Å². The lowest BCUT2D eigenvalue weighted by molar-refractivity contribution is 0.296. The van der Waals surface area contributed by atoms with Crippen LogP contribution >= 0.6 is 24.0 Å². The van der Waals surface area contributed by atoms with Crippen molar-refractivity contribution < 1.29 is 0 Å². The summed E-state index contributed by atoms with van der Waals surface area (Å²) in [6, 6.07) is 9.11. The van der Waals surface area contributed by atoms with Crippen LogP contribution in [0, 0.1) is 0 Å². The van der Waals surface area contributed by atoms with Crippen molar-refractivity contribution in [3.63, 3.8) is 0 Å². The van der Waals surface area contributed by atoms with E-state index in [0.717, 1.165) is 12.2 Å². The van der Waals surface area contributed by atoms with Crippen molar-refractivity contribution in [1.82, 2.24) is 4.90 Å². The summed E-state index contributed by atoms with van der Waals surface area (Å²) in [6.45, 7) is 0. The molecule has 2 rings (SSSR count). The number of hydrogen-bond acceptors (Lipinski definition) is 3. The highest BCUT2D eigenvalue weighted by atomic mass is 32.1. The predicted octanol–water partition coefficient (Wildman–Crippen LogP) is 3.82. The zero-order valence-electron chi connectivity index (χ0n) is 9.68. The molecule has 0 saturated heterocycles. The fraction of sp³-hybridized carbons (Fsp3) is 0.385. The Kier molecular flexibility index (Phi) is 3.90. The van der Waals surface area contributed by atoms with Gasteiger partial charge in [0.2, 0.25) is 0 Å². The lowest BCUT2D eigenvalue weighted by Gasteiger charge is -2.23. The Bertz CT molecular complexity index is 462. The first-order valence-corrected chi connectivity index (χ1v) is 6.98. The van der Waals surface area contributed by atoms with E-state index in [4.69, 9.17) is 0 Å². The molecule has 0 N–H and O–H groups in total. The SMILES string of the molecule is CN(C)C(CCS)c1csc2ccccc12. The van der Waals surface area contributed by atoms with E-state index in [1.54, 1.807) is 0 Å². The van der Waals surface area contributed by atoms with E-state index < -0.39 is 0 Å². The first kappa shape index (κ1) is 12.0. The molecular weight excluding hydrogens is 234 g/mol. The third kappa shape index (κ3) is 2.26. The topological polar surface area (TPSA) is 3.24 Å². The summed E-state index contributed by atoms with van der Waals surface area (Å²) in [6.07, 6.45) is 1.09. The van der Waals surface area contributed by atoms with Crippen molar-refractivity contribution in [2.24, 2.45) is 0 Å². The number of benzene rings is 1. The van der Waals surface area contributed by atoms with Crippen LogP contribution in [0.15, 0.2) is 29.6 Å². The average molecular weight is 251 g/mol. The second-order valence-corrected chi connectivity index (χ2v) is 5.54. The molecule has 0 fully saturated rings. The molecule has 0 saturated carbocycles. The van der Waals surface area contributed by atoms with Crippen molar-refractivity contribution in [2.75, 3.05) is 19.8 Å². The highest BCUT2D eigenvalue weighted by Crippen LogP contribution is 2.33. The molecule has 0 radical (unpaired) electrons. The second kappa shape index (κ2) is 5.21. The highest BCUT2D eigenvalue weighted by molar-refractivity contribution is 7.80. The van der Waals surface area contributed by atoms with Gasteiger partial charge < -0.3 is 4.90 Å². The number of fused-ring (bicyclic) bond motifs is 1. The minimum Gasteiger partial charge on any atom is -0.302 e. The van der Waals surface area contributed by atoms with Gasteiger partial charge in [0, 0.05) is 10.7 Å². The molecule has 1 aromatic heterocycles. The normalized spacial score (nSPS) is 13.5. The minimum atomic E-state index is 0.480. The van der Waals surface area contributed by atoms with Gasteiger partial charge in [-0.3, -0.25) is 0 Å². The number of thiol groups is 1. The van der Waals surface area contributed by atoms with Crippen LogP contribution in [0.3, 0.4) is 0 Å². The van der Waals surface area contributed by atoms with Crippen molar-refractivity contribution in [2.45, 2.75) is 12.5 Å². The van der Waals surface area contributed by atoms with Crippen LogP contribution in [0.4, 0.5) is 0 Å². The van der Waals surface area contributed by atoms with E-state index in [1.807, 2.05) is 11.3 Å². The van der Waals surface area contributed by atoms with Crippen LogP contribution < -0.4 is 0 Å². The Hall–Kier alpha value is -0.510. The molecule has 0 bridgehead atoms. The standard InChI is InChI=1S/C13H17NS2/c1-14(2)12(7-8-15)11-9-16-13-6-4-3-5-10(11)13/h3-6,9,12,15H,7-8H2,1-2H3. The quantitative estimate of drug-likeness (QED) is 0.808. The first-order chi connectivity index (χ1) is 7.74. The minimum absolute atomic E-state index is 0.480. The van der Waals surface area contributed by atoms with E-state index in [2.05, 4.69) is 61.3 Å². The summed E-state index contributed by atoms with van der Waals surface area (Å²) in [4.78, 5) is 2.28. The maximum Gasteiger partial charge on any atom is 0.0364 e. The lowest BCUT2D eigenvalue weighted by Crippen LogP contribution is -2.20. The molecule has 1 nitrogen and oxygen atoms in total. The summed E-state index contributed by atoms with van der Waals surface area (Å²) in [5, 5.41) is 3.69. The molecule has 3 heteroatoms. The molecule has 1 unspecified atom stereocenters. The van der Waals surface area contributed by atoms with E-state index in [0.29, 0.717) is 6.04 Å². The molecule has 0 amide bonds. The van der Waals surface area contributed by atoms with Crippen LogP contribution in [-0.4, -0.2) is 24.7 Å². The molecule has 1 heterocycles. The maximum atomic E-state index is 4.36. The van der Waals surface area contributed by atoms with Crippen LogP contribution in [0.25, 0.3) is 10.1 Å². The van der Waals surface area contributed by atoms with Gasteiger partial charge in [0.15, 0.2) is 0 Å². The Balaban J connectivity index is 2.44. The molecule has 0 spiro atoms. The number of rotatable bonds is 4. The lowest BCUT2D eigenvalue weighted by atomic mass is 10.0. The van der Waals surface area contributed by atoms with Crippen LogP contribution in [0.5, 0.6) is 0 Å². The molecule has 16 heavy (non-hydrogen) atoms. The van der Waals surface area contributed by atoms with Crippen LogP contribution in [-0.2, 0) is 0 Å². The largest absolute Gasteiger partial charge is 0.302 e. The van der Waals surface area contributed by atoms with E-state index in [-0.39, 0.29) is 0 Å². The number of nitrogens with zero attached hydrogens (tertiary/aromatic N) is 1. The molecule has 2 aromatic rings. The molecule has 1 atom stereocenters. The maximum absolute atomic E-state index is 4.36. The Labute approximate surface area is 106 Å². The molecular formula is C13H17NS2. The number of hydrogen-bond donors (Lipinski definition) is 1. The van der Waals surface area contributed by atoms with Gasteiger partial charge in [-0.1, -0.05) is 18.2 Å². The summed E-state index contributed by atoms with van der Waals surface area (Å²) in [7, 11) is 4.28. The number of thiophene rings is 1. The molecule has 1 aromatic carbocycles. The zero-order valence-corrected chi connectivity index (χ0v) is 11.4. The first-order valence-electron chi connectivity index (χ1n) is 5.47. The van der Waals surface area contributed by atoms with Gasteiger partial charge in [-0.2, -0.15) is 12.6 Å². The van der Waals surface area contributed by atoms with E-state index in [9.17, 15) is 0 Å². The van der Waals surface area contributed by atoms with Gasteiger partial charge >= 0.3 is 0 Å². The fourth-order valence-corrected chi connectivity index (χ4v) is 3.32. The van der Waals surface area contributed by atoms with Gasteiger partial charge in [-0.15, -0.1) is 11.3 Å².